The van der Waals surface area contributed by atoms with Gasteiger partial charge >= 0.3 is 0 Å². The zero-order valence-electron chi connectivity index (χ0n) is 16.3. The number of amides is 2. The third kappa shape index (κ3) is 4.56. The van der Waals surface area contributed by atoms with Crippen molar-refractivity contribution >= 4 is 11.8 Å². The van der Waals surface area contributed by atoms with Gasteiger partial charge in [-0.15, -0.1) is 0 Å². The number of H-pyrrole nitrogens is 1. The van der Waals surface area contributed by atoms with Gasteiger partial charge < -0.3 is 10.2 Å². The van der Waals surface area contributed by atoms with Gasteiger partial charge in [-0.3, -0.25) is 14.7 Å². The molecule has 2 heterocycles. The number of aryl methyl sites for hydroxylation is 1. The maximum atomic E-state index is 12.7. The number of carbonyl (C=O) groups is 2. The highest BCUT2D eigenvalue weighted by atomic mass is 16.2. The Bertz CT molecular complexity index is 827. The van der Waals surface area contributed by atoms with Crippen molar-refractivity contribution in [2.75, 3.05) is 13.1 Å². The van der Waals surface area contributed by atoms with Crippen LogP contribution in [0, 0.1) is 12.8 Å². The molecular formula is C21H28N4O2. The van der Waals surface area contributed by atoms with Crippen molar-refractivity contribution in [2.24, 2.45) is 5.92 Å². The predicted octanol–water partition coefficient (Wildman–Crippen LogP) is 2.62. The molecule has 0 radical (unpaired) electrons. The van der Waals surface area contributed by atoms with Crippen LogP contribution in [0.25, 0.3) is 0 Å². The molecule has 0 unspecified atom stereocenters. The summed E-state index contributed by atoms with van der Waals surface area (Å²) in [5.74, 6) is 0.343. The van der Waals surface area contributed by atoms with Crippen molar-refractivity contribution in [3.05, 3.63) is 52.3 Å². The molecule has 0 saturated heterocycles. The summed E-state index contributed by atoms with van der Waals surface area (Å²) in [6.45, 7) is 7.94. The number of fused-ring (bicyclic) bond motifs is 1. The Labute approximate surface area is 160 Å². The van der Waals surface area contributed by atoms with Gasteiger partial charge in [0.1, 0.15) is 0 Å². The molecule has 27 heavy (non-hydrogen) atoms. The maximum Gasteiger partial charge on any atom is 0.272 e. The fourth-order valence-electron chi connectivity index (χ4n) is 3.30. The Balaban J connectivity index is 1.67. The number of nitrogens with one attached hydrogen (secondary N) is 2. The number of aromatic amines is 1. The summed E-state index contributed by atoms with van der Waals surface area (Å²) in [6.07, 6.45) is 2.09. The predicted molar refractivity (Wildman–Crippen MR) is 104 cm³/mol. The lowest BCUT2D eigenvalue weighted by Gasteiger charge is -2.27. The number of nitrogens with zero attached hydrogens (tertiary/aromatic N) is 2. The topological polar surface area (TPSA) is 78.1 Å². The summed E-state index contributed by atoms with van der Waals surface area (Å²) < 4.78 is 0. The third-order valence-corrected chi connectivity index (χ3v) is 5.25. The highest BCUT2D eigenvalue weighted by Gasteiger charge is 2.27. The van der Waals surface area contributed by atoms with Crippen molar-refractivity contribution in [3.8, 4) is 0 Å². The lowest BCUT2D eigenvalue weighted by Crippen LogP contribution is -2.38. The standard InChI is InChI=1S/C21H28N4O2/c1-4-14(2)12-22-21(27)20-17-13-25(9-8-18(17)23-24-20)19(26)11-16-7-5-6-15(3)10-16/h5-7,10,14H,4,8-9,11-13H2,1-3H3,(H,22,27)(H,23,24)/t14-/m0/s1. The van der Waals surface area contributed by atoms with Crippen LogP contribution >= 0.6 is 0 Å². The molecule has 6 nitrogen and oxygen atoms in total. The van der Waals surface area contributed by atoms with E-state index in [4.69, 9.17) is 0 Å². The smallest absolute Gasteiger partial charge is 0.272 e. The zero-order chi connectivity index (χ0) is 19.4. The summed E-state index contributed by atoms with van der Waals surface area (Å²) in [5, 5.41) is 10.1. The molecule has 1 aromatic heterocycles. The minimum atomic E-state index is -0.166. The lowest BCUT2D eigenvalue weighted by atomic mass is 10.0. The molecule has 0 fully saturated rings. The average molecular weight is 368 g/mol. The highest BCUT2D eigenvalue weighted by Crippen LogP contribution is 2.21. The maximum absolute atomic E-state index is 12.7. The van der Waals surface area contributed by atoms with Gasteiger partial charge in [-0.25, -0.2) is 0 Å². The average Bonchev–Trinajstić information content (AvgIpc) is 3.09. The fraction of sp³-hybridized carbons (Fsp3) is 0.476. The Hall–Kier alpha value is -2.63. The summed E-state index contributed by atoms with van der Waals surface area (Å²) in [7, 11) is 0. The van der Waals surface area contributed by atoms with Gasteiger partial charge in [-0.2, -0.15) is 5.10 Å². The van der Waals surface area contributed by atoms with Gasteiger partial charge in [-0.05, 0) is 18.4 Å². The summed E-state index contributed by atoms with van der Waals surface area (Å²) in [5.41, 5.74) is 4.39. The first-order chi connectivity index (χ1) is 13.0. The van der Waals surface area contributed by atoms with Crippen molar-refractivity contribution in [1.29, 1.82) is 0 Å². The van der Waals surface area contributed by atoms with Crippen molar-refractivity contribution in [2.45, 2.75) is 46.6 Å². The van der Waals surface area contributed by atoms with E-state index in [-0.39, 0.29) is 11.8 Å². The molecule has 1 atom stereocenters. The van der Waals surface area contributed by atoms with Crippen molar-refractivity contribution in [1.82, 2.24) is 20.4 Å². The monoisotopic (exact) mass is 368 g/mol. The first-order valence-electron chi connectivity index (χ1n) is 9.65. The van der Waals surface area contributed by atoms with Crippen LogP contribution in [-0.4, -0.2) is 40.0 Å². The molecule has 2 amide bonds. The molecule has 2 N–H and O–H groups in total. The van der Waals surface area contributed by atoms with E-state index < -0.39 is 0 Å². The molecule has 1 aliphatic heterocycles. The number of carbonyl (C=O) groups excluding carboxylic acids is 2. The quantitative estimate of drug-likeness (QED) is 0.823. The van der Waals surface area contributed by atoms with Crippen LogP contribution in [0.4, 0.5) is 0 Å². The van der Waals surface area contributed by atoms with Crippen LogP contribution in [0.2, 0.25) is 0 Å². The summed E-state index contributed by atoms with van der Waals surface area (Å²) in [6, 6.07) is 8.02. The van der Waals surface area contributed by atoms with Gasteiger partial charge in [-0.1, -0.05) is 50.1 Å². The highest BCUT2D eigenvalue weighted by molar-refractivity contribution is 5.94. The Morgan fingerprint density at radius 2 is 2.19 bits per heavy atom. The van der Waals surface area contributed by atoms with E-state index in [1.807, 2.05) is 36.1 Å². The number of rotatable bonds is 6. The molecule has 144 valence electrons. The van der Waals surface area contributed by atoms with Crippen LogP contribution in [0.5, 0.6) is 0 Å². The molecule has 0 spiro atoms. The van der Waals surface area contributed by atoms with E-state index in [0.717, 1.165) is 28.8 Å². The van der Waals surface area contributed by atoms with Gasteiger partial charge in [0, 0.05) is 37.3 Å². The molecule has 0 aliphatic carbocycles. The second-order valence-electron chi connectivity index (χ2n) is 7.48. The summed E-state index contributed by atoms with van der Waals surface area (Å²) >= 11 is 0. The largest absolute Gasteiger partial charge is 0.350 e. The Kier molecular flexibility index (Phi) is 5.94. The van der Waals surface area contributed by atoms with Crippen LogP contribution in [0.1, 0.15) is 53.1 Å². The van der Waals surface area contributed by atoms with Crippen LogP contribution < -0.4 is 5.32 Å². The van der Waals surface area contributed by atoms with Crippen molar-refractivity contribution in [3.63, 3.8) is 0 Å². The molecule has 0 bridgehead atoms. The van der Waals surface area contributed by atoms with Gasteiger partial charge in [0.2, 0.25) is 5.91 Å². The number of benzene rings is 1. The SMILES string of the molecule is CC[C@H](C)CNC(=O)c1n[nH]c2c1CN(C(=O)Cc1cccc(C)c1)CC2. The first-order valence-corrected chi connectivity index (χ1v) is 9.65. The van der Waals surface area contributed by atoms with E-state index in [9.17, 15) is 9.59 Å². The van der Waals surface area contributed by atoms with E-state index >= 15 is 0 Å². The Morgan fingerprint density at radius 1 is 1.37 bits per heavy atom. The fourth-order valence-corrected chi connectivity index (χ4v) is 3.30. The normalized spacial score (nSPS) is 14.6. The lowest BCUT2D eigenvalue weighted by molar-refractivity contribution is -0.131. The molecule has 3 rings (SSSR count). The van der Waals surface area contributed by atoms with Crippen LogP contribution in [0.15, 0.2) is 24.3 Å². The zero-order valence-corrected chi connectivity index (χ0v) is 16.3. The molecule has 6 heteroatoms. The van der Waals surface area contributed by atoms with Gasteiger partial charge in [0.25, 0.3) is 5.91 Å². The van der Waals surface area contributed by atoms with E-state index in [1.165, 1.54) is 0 Å². The van der Waals surface area contributed by atoms with Gasteiger partial charge in [0.15, 0.2) is 5.69 Å². The molecule has 1 aromatic carbocycles. The molecular weight excluding hydrogens is 340 g/mol. The minimum Gasteiger partial charge on any atom is -0.350 e. The van der Waals surface area contributed by atoms with E-state index in [2.05, 4.69) is 29.4 Å². The molecule has 2 aromatic rings. The van der Waals surface area contributed by atoms with E-state index in [1.54, 1.807) is 0 Å². The second-order valence-corrected chi connectivity index (χ2v) is 7.48. The van der Waals surface area contributed by atoms with E-state index in [0.29, 0.717) is 44.1 Å². The number of hydrogen-bond donors (Lipinski definition) is 2. The van der Waals surface area contributed by atoms with Crippen LogP contribution in [-0.2, 0) is 24.2 Å². The van der Waals surface area contributed by atoms with Gasteiger partial charge in [0.05, 0.1) is 6.42 Å². The number of hydrogen-bond acceptors (Lipinski definition) is 3. The van der Waals surface area contributed by atoms with Crippen molar-refractivity contribution < 1.29 is 9.59 Å². The minimum absolute atomic E-state index is 0.0819. The van der Waals surface area contributed by atoms with Crippen LogP contribution in [0.3, 0.4) is 0 Å². The molecule has 0 saturated carbocycles. The third-order valence-electron chi connectivity index (χ3n) is 5.25. The number of aromatic nitrogens is 2. The second kappa shape index (κ2) is 8.37. The Morgan fingerprint density at radius 3 is 2.93 bits per heavy atom. The summed E-state index contributed by atoms with van der Waals surface area (Å²) in [4.78, 5) is 27.1. The first kappa shape index (κ1) is 19.1. The molecule has 1 aliphatic rings.